The summed E-state index contributed by atoms with van der Waals surface area (Å²) < 4.78 is 5.00. The summed E-state index contributed by atoms with van der Waals surface area (Å²) in [5, 5.41) is 12.1. The molecule has 1 aliphatic heterocycles. The van der Waals surface area contributed by atoms with Crippen molar-refractivity contribution >= 4 is 16.9 Å². The van der Waals surface area contributed by atoms with Gasteiger partial charge in [0.25, 0.3) is 0 Å². The van der Waals surface area contributed by atoms with Gasteiger partial charge in [0, 0.05) is 23.0 Å². The topological polar surface area (TPSA) is 65.6 Å². The van der Waals surface area contributed by atoms with Crippen molar-refractivity contribution in [3.05, 3.63) is 35.5 Å². The standard InChI is InChI=1S/C14H16N2O3/c1-2-19-14(17)13-7-10-9-5-3-4-6-11(9)15-12(10)8-16(13)18/h3-6,13,15,18H,2,7-8H2,1H3. The highest BCUT2D eigenvalue weighted by Gasteiger charge is 2.33. The second-order valence-electron chi connectivity index (χ2n) is 4.70. The van der Waals surface area contributed by atoms with E-state index in [4.69, 9.17) is 4.74 Å². The number of esters is 1. The lowest BCUT2D eigenvalue weighted by Gasteiger charge is -2.28. The summed E-state index contributed by atoms with van der Waals surface area (Å²) >= 11 is 0. The predicted molar refractivity (Wildman–Crippen MR) is 69.8 cm³/mol. The van der Waals surface area contributed by atoms with E-state index in [2.05, 4.69) is 4.98 Å². The van der Waals surface area contributed by atoms with Crippen molar-refractivity contribution in [1.82, 2.24) is 10.0 Å². The summed E-state index contributed by atoms with van der Waals surface area (Å²) in [5.74, 6) is -0.374. The SMILES string of the molecule is CCOC(=O)C1Cc2c([nH]c3ccccc23)CN1O. The lowest BCUT2D eigenvalue weighted by atomic mass is 9.98. The minimum Gasteiger partial charge on any atom is -0.465 e. The Bertz CT molecular complexity index is 620. The third kappa shape index (κ3) is 2.01. The van der Waals surface area contributed by atoms with Crippen molar-refractivity contribution in [2.24, 2.45) is 0 Å². The first-order chi connectivity index (χ1) is 9.20. The van der Waals surface area contributed by atoms with Gasteiger partial charge in [-0.1, -0.05) is 18.2 Å². The molecule has 0 bridgehead atoms. The number of aromatic nitrogens is 1. The molecule has 0 saturated heterocycles. The van der Waals surface area contributed by atoms with E-state index >= 15 is 0 Å². The zero-order valence-electron chi connectivity index (χ0n) is 10.7. The van der Waals surface area contributed by atoms with E-state index in [0.717, 1.165) is 27.2 Å². The summed E-state index contributed by atoms with van der Waals surface area (Å²) in [7, 11) is 0. The Morgan fingerprint density at radius 2 is 2.32 bits per heavy atom. The molecule has 2 aromatic rings. The maximum absolute atomic E-state index is 11.8. The average Bonchev–Trinajstić information content (AvgIpc) is 2.75. The van der Waals surface area contributed by atoms with E-state index in [-0.39, 0.29) is 5.97 Å². The number of nitrogens with one attached hydrogen (secondary N) is 1. The second-order valence-corrected chi connectivity index (χ2v) is 4.70. The number of hydrogen-bond acceptors (Lipinski definition) is 4. The molecule has 100 valence electrons. The number of ether oxygens (including phenoxy) is 1. The number of H-pyrrole nitrogens is 1. The number of aromatic amines is 1. The molecule has 0 amide bonds. The normalized spacial score (nSPS) is 19.4. The van der Waals surface area contributed by atoms with E-state index in [0.29, 0.717) is 19.6 Å². The number of fused-ring (bicyclic) bond motifs is 3. The third-order valence-corrected chi connectivity index (χ3v) is 3.54. The van der Waals surface area contributed by atoms with E-state index in [1.165, 1.54) is 0 Å². The zero-order chi connectivity index (χ0) is 13.4. The van der Waals surface area contributed by atoms with Gasteiger partial charge in [-0.25, -0.2) is 0 Å². The number of benzene rings is 1. The van der Waals surface area contributed by atoms with Crippen molar-refractivity contribution in [2.75, 3.05) is 6.61 Å². The number of hydrogen-bond donors (Lipinski definition) is 2. The van der Waals surface area contributed by atoms with Crippen molar-refractivity contribution in [2.45, 2.75) is 25.9 Å². The lowest BCUT2D eigenvalue weighted by Crippen LogP contribution is -2.44. The molecule has 0 spiro atoms. The van der Waals surface area contributed by atoms with Gasteiger partial charge in [0.15, 0.2) is 0 Å². The number of carbonyl (C=O) groups excluding carboxylic acids is 1. The molecule has 1 unspecified atom stereocenters. The Kier molecular flexibility index (Phi) is 3.00. The lowest BCUT2D eigenvalue weighted by molar-refractivity contribution is -0.180. The average molecular weight is 260 g/mol. The number of para-hydroxylation sites is 1. The zero-order valence-corrected chi connectivity index (χ0v) is 10.7. The Morgan fingerprint density at radius 3 is 3.11 bits per heavy atom. The Labute approximate surface area is 110 Å². The van der Waals surface area contributed by atoms with Gasteiger partial charge >= 0.3 is 5.97 Å². The summed E-state index contributed by atoms with van der Waals surface area (Å²) in [6, 6.07) is 7.34. The number of carbonyl (C=O) groups is 1. The van der Waals surface area contributed by atoms with Crippen molar-refractivity contribution in [1.29, 1.82) is 0 Å². The van der Waals surface area contributed by atoms with Crippen LogP contribution in [0, 0.1) is 0 Å². The summed E-state index contributed by atoms with van der Waals surface area (Å²) in [4.78, 5) is 15.1. The second kappa shape index (κ2) is 4.68. The number of hydroxylamine groups is 2. The molecule has 1 aromatic heterocycles. The van der Waals surface area contributed by atoms with Gasteiger partial charge in [0.05, 0.1) is 13.2 Å². The molecule has 0 saturated carbocycles. The van der Waals surface area contributed by atoms with Crippen LogP contribution in [0.5, 0.6) is 0 Å². The van der Waals surface area contributed by atoms with Crippen LogP contribution >= 0.6 is 0 Å². The first-order valence-corrected chi connectivity index (χ1v) is 6.41. The molecule has 3 rings (SSSR count). The van der Waals surface area contributed by atoms with Crippen LogP contribution in [0.4, 0.5) is 0 Å². The van der Waals surface area contributed by atoms with Crippen molar-refractivity contribution in [3.63, 3.8) is 0 Å². The Hall–Kier alpha value is -1.85. The molecule has 5 nitrogen and oxygen atoms in total. The molecule has 1 aliphatic rings. The molecule has 0 fully saturated rings. The van der Waals surface area contributed by atoms with Gasteiger partial charge < -0.3 is 14.9 Å². The van der Waals surface area contributed by atoms with Crippen molar-refractivity contribution in [3.8, 4) is 0 Å². The van der Waals surface area contributed by atoms with Crippen LogP contribution in [0.15, 0.2) is 24.3 Å². The van der Waals surface area contributed by atoms with E-state index < -0.39 is 6.04 Å². The van der Waals surface area contributed by atoms with E-state index in [1.807, 2.05) is 24.3 Å². The van der Waals surface area contributed by atoms with Crippen LogP contribution in [0.1, 0.15) is 18.2 Å². The molecular formula is C14H16N2O3. The van der Waals surface area contributed by atoms with Gasteiger partial charge in [-0.05, 0) is 18.6 Å². The minimum absolute atomic E-state index is 0.313. The molecule has 0 radical (unpaired) electrons. The predicted octanol–water partition coefficient (Wildman–Crippen LogP) is 1.85. The monoisotopic (exact) mass is 260 g/mol. The highest BCUT2D eigenvalue weighted by molar-refractivity contribution is 5.86. The number of rotatable bonds is 2. The fourth-order valence-electron chi connectivity index (χ4n) is 2.64. The van der Waals surface area contributed by atoms with Crippen LogP contribution in [0.2, 0.25) is 0 Å². The van der Waals surface area contributed by atoms with Crippen LogP contribution < -0.4 is 0 Å². The molecule has 5 heteroatoms. The molecule has 19 heavy (non-hydrogen) atoms. The number of nitrogens with zero attached hydrogens (tertiary/aromatic N) is 1. The highest BCUT2D eigenvalue weighted by Crippen LogP contribution is 2.29. The molecule has 2 N–H and O–H groups in total. The molecule has 2 heterocycles. The van der Waals surface area contributed by atoms with Crippen LogP contribution in [-0.4, -0.2) is 33.9 Å². The first kappa shape index (κ1) is 12.2. The largest absolute Gasteiger partial charge is 0.465 e. The van der Waals surface area contributed by atoms with Crippen LogP contribution in [-0.2, 0) is 22.5 Å². The van der Waals surface area contributed by atoms with Gasteiger partial charge in [-0.15, -0.1) is 0 Å². The quantitative estimate of drug-likeness (QED) is 0.809. The molecule has 1 aromatic carbocycles. The van der Waals surface area contributed by atoms with Gasteiger partial charge in [0.2, 0.25) is 0 Å². The Morgan fingerprint density at radius 1 is 1.53 bits per heavy atom. The summed E-state index contributed by atoms with van der Waals surface area (Å²) in [6.07, 6.45) is 0.467. The highest BCUT2D eigenvalue weighted by atomic mass is 16.5. The summed E-state index contributed by atoms with van der Waals surface area (Å²) in [5.41, 5.74) is 3.09. The first-order valence-electron chi connectivity index (χ1n) is 6.41. The van der Waals surface area contributed by atoms with E-state index in [1.54, 1.807) is 6.92 Å². The van der Waals surface area contributed by atoms with Gasteiger partial charge in [-0.3, -0.25) is 4.79 Å². The van der Waals surface area contributed by atoms with Gasteiger partial charge in [-0.2, -0.15) is 5.06 Å². The minimum atomic E-state index is -0.619. The van der Waals surface area contributed by atoms with Gasteiger partial charge in [0.1, 0.15) is 6.04 Å². The van der Waals surface area contributed by atoms with Crippen molar-refractivity contribution < 1.29 is 14.7 Å². The molecule has 1 atom stereocenters. The maximum Gasteiger partial charge on any atom is 0.326 e. The fraction of sp³-hybridized carbons (Fsp3) is 0.357. The van der Waals surface area contributed by atoms with Crippen LogP contribution in [0.25, 0.3) is 10.9 Å². The molecule has 0 aliphatic carbocycles. The fourth-order valence-corrected chi connectivity index (χ4v) is 2.64. The van der Waals surface area contributed by atoms with Crippen LogP contribution in [0.3, 0.4) is 0 Å². The Balaban J connectivity index is 1.99. The van der Waals surface area contributed by atoms with E-state index in [9.17, 15) is 10.0 Å². The molecular weight excluding hydrogens is 244 g/mol. The third-order valence-electron chi connectivity index (χ3n) is 3.54. The smallest absolute Gasteiger partial charge is 0.326 e. The maximum atomic E-state index is 11.8. The summed E-state index contributed by atoms with van der Waals surface area (Å²) in [6.45, 7) is 2.40.